The number of thiophene rings is 1. The molecule has 12 heavy (non-hydrogen) atoms. The summed E-state index contributed by atoms with van der Waals surface area (Å²) >= 11 is 10.4. The molecular formula is C7H3BrClNOS. The van der Waals surface area contributed by atoms with Crippen molar-refractivity contribution >= 4 is 49.1 Å². The van der Waals surface area contributed by atoms with E-state index in [-0.39, 0.29) is 10.5 Å². The third kappa shape index (κ3) is 1.11. The monoisotopic (exact) mass is 263 g/mol. The van der Waals surface area contributed by atoms with Crippen molar-refractivity contribution in [2.24, 2.45) is 0 Å². The number of fused-ring (bicyclic) bond motifs is 1. The number of aromatic amines is 1. The van der Waals surface area contributed by atoms with E-state index in [9.17, 15) is 4.79 Å². The van der Waals surface area contributed by atoms with E-state index < -0.39 is 0 Å². The van der Waals surface area contributed by atoms with E-state index >= 15 is 0 Å². The number of aromatic nitrogens is 1. The van der Waals surface area contributed by atoms with Crippen LogP contribution >= 0.6 is 38.9 Å². The molecule has 2 nitrogen and oxygen atoms in total. The first kappa shape index (κ1) is 8.29. The number of pyridine rings is 1. The standard InChI is InChI=1S/C7H3BrClNOS/c8-3-2-12-7-5(3)6(11)4(9)1-10-7/h1-2H,(H,10,11). The second-order valence-electron chi connectivity index (χ2n) is 2.25. The van der Waals surface area contributed by atoms with Crippen LogP contribution in [-0.4, -0.2) is 4.98 Å². The van der Waals surface area contributed by atoms with Crippen LogP contribution in [0.4, 0.5) is 0 Å². The number of nitrogens with one attached hydrogen (secondary N) is 1. The van der Waals surface area contributed by atoms with E-state index in [1.807, 2.05) is 5.38 Å². The van der Waals surface area contributed by atoms with Crippen LogP contribution in [0.3, 0.4) is 0 Å². The maximum Gasteiger partial charge on any atom is 0.209 e. The summed E-state index contributed by atoms with van der Waals surface area (Å²) in [6.07, 6.45) is 1.51. The highest BCUT2D eigenvalue weighted by Gasteiger charge is 2.07. The van der Waals surface area contributed by atoms with Crippen LogP contribution in [0.5, 0.6) is 0 Å². The summed E-state index contributed by atoms with van der Waals surface area (Å²) in [4.78, 5) is 15.2. The Bertz CT molecular complexity index is 490. The first-order valence-corrected chi connectivity index (χ1v) is 5.19. The van der Waals surface area contributed by atoms with Crippen LogP contribution in [0.25, 0.3) is 10.2 Å². The Morgan fingerprint density at radius 2 is 2.33 bits per heavy atom. The molecule has 62 valence electrons. The lowest BCUT2D eigenvalue weighted by atomic mass is 10.3. The molecule has 0 atom stereocenters. The van der Waals surface area contributed by atoms with E-state index in [1.165, 1.54) is 17.5 Å². The molecule has 0 radical (unpaired) electrons. The van der Waals surface area contributed by atoms with E-state index in [4.69, 9.17) is 11.6 Å². The van der Waals surface area contributed by atoms with Gasteiger partial charge in [0.2, 0.25) is 5.43 Å². The third-order valence-corrected chi connectivity index (χ3v) is 3.64. The summed E-state index contributed by atoms with van der Waals surface area (Å²) in [6.45, 7) is 0. The summed E-state index contributed by atoms with van der Waals surface area (Å²) in [5, 5.41) is 2.72. The zero-order valence-corrected chi connectivity index (χ0v) is 8.89. The quantitative estimate of drug-likeness (QED) is 0.779. The normalized spacial score (nSPS) is 10.8. The van der Waals surface area contributed by atoms with Crippen LogP contribution in [0.15, 0.2) is 20.8 Å². The number of hydrogen-bond acceptors (Lipinski definition) is 2. The fourth-order valence-corrected chi connectivity index (χ4v) is 2.69. The third-order valence-electron chi connectivity index (χ3n) is 1.52. The van der Waals surface area contributed by atoms with Crippen LogP contribution in [0.1, 0.15) is 0 Å². The van der Waals surface area contributed by atoms with E-state index in [2.05, 4.69) is 20.9 Å². The maximum atomic E-state index is 11.4. The van der Waals surface area contributed by atoms with Crippen LogP contribution < -0.4 is 5.43 Å². The summed E-state index contributed by atoms with van der Waals surface area (Å²) in [7, 11) is 0. The minimum absolute atomic E-state index is 0.126. The lowest BCUT2D eigenvalue weighted by molar-refractivity contribution is 1.42. The van der Waals surface area contributed by atoms with Gasteiger partial charge in [0.05, 0.1) is 5.39 Å². The lowest BCUT2D eigenvalue weighted by Crippen LogP contribution is -2.01. The van der Waals surface area contributed by atoms with Gasteiger partial charge in [-0.1, -0.05) is 11.6 Å². The molecule has 0 aliphatic carbocycles. The lowest BCUT2D eigenvalue weighted by Gasteiger charge is -1.90. The molecule has 2 aromatic rings. The molecule has 0 unspecified atom stereocenters. The summed E-state index contributed by atoms with van der Waals surface area (Å²) in [6, 6.07) is 0. The van der Waals surface area contributed by atoms with Gasteiger partial charge in [-0.05, 0) is 15.9 Å². The molecule has 0 bridgehead atoms. The molecule has 5 heteroatoms. The summed E-state index contributed by atoms with van der Waals surface area (Å²) < 4.78 is 0.797. The Balaban J connectivity index is 3.06. The van der Waals surface area contributed by atoms with Gasteiger partial charge in [0.25, 0.3) is 0 Å². The summed E-state index contributed by atoms with van der Waals surface area (Å²) in [5.41, 5.74) is -0.126. The smallest absolute Gasteiger partial charge is 0.209 e. The van der Waals surface area contributed by atoms with Gasteiger partial charge in [-0.3, -0.25) is 4.79 Å². The largest absolute Gasteiger partial charge is 0.351 e. The first-order chi connectivity index (χ1) is 5.70. The molecule has 0 aliphatic heterocycles. The molecule has 0 spiro atoms. The molecule has 0 fully saturated rings. The van der Waals surface area contributed by atoms with Crippen LogP contribution in [0.2, 0.25) is 5.02 Å². The molecule has 2 aromatic heterocycles. The topological polar surface area (TPSA) is 32.9 Å². The minimum atomic E-state index is -0.126. The Morgan fingerprint density at radius 1 is 1.58 bits per heavy atom. The van der Waals surface area contributed by atoms with E-state index in [0.717, 1.165) is 9.30 Å². The highest BCUT2D eigenvalue weighted by Crippen LogP contribution is 2.26. The number of halogens is 2. The number of H-pyrrole nitrogens is 1. The van der Waals surface area contributed by atoms with Gasteiger partial charge >= 0.3 is 0 Å². The number of rotatable bonds is 0. The second-order valence-corrected chi connectivity index (χ2v) is 4.39. The SMILES string of the molecule is O=c1c(Cl)c[nH]c2scc(Br)c12. The van der Waals surface area contributed by atoms with Crippen molar-refractivity contribution in [3.05, 3.63) is 31.3 Å². The Morgan fingerprint density at radius 3 is 3.08 bits per heavy atom. The van der Waals surface area contributed by atoms with Crippen molar-refractivity contribution in [2.75, 3.05) is 0 Å². The fraction of sp³-hybridized carbons (Fsp3) is 0. The minimum Gasteiger partial charge on any atom is -0.351 e. The van der Waals surface area contributed by atoms with Gasteiger partial charge in [-0.15, -0.1) is 11.3 Å². The van der Waals surface area contributed by atoms with Crippen LogP contribution in [0, 0.1) is 0 Å². The molecule has 0 aromatic carbocycles. The van der Waals surface area contributed by atoms with Gasteiger partial charge in [-0.2, -0.15) is 0 Å². The van der Waals surface area contributed by atoms with Gasteiger partial charge in [-0.25, -0.2) is 0 Å². The Labute approximate surface area is 85.3 Å². The molecule has 0 saturated heterocycles. The van der Waals surface area contributed by atoms with Gasteiger partial charge in [0.15, 0.2) is 0 Å². The second kappa shape index (κ2) is 2.87. The molecule has 2 rings (SSSR count). The van der Waals surface area contributed by atoms with Crippen molar-refractivity contribution < 1.29 is 0 Å². The van der Waals surface area contributed by atoms with Crippen molar-refractivity contribution in [2.45, 2.75) is 0 Å². The average Bonchev–Trinajstić information content (AvgIpc) is 2.41. The van der Waals surface area contributed by atoms with Crippen molar-refractivity contribution in [1.82, 2.24) is 4.98 Å². The van der Waals surface area contributed by atoms with Gasteiger partial charge < -0.3 is 4.98 Å². The molecule has 0 aliphatic rings. The zero-order chi connectivity index (χ0) is 8.72. The molecule has 1 N–H and O–H groups in total. The molecule has 2 heterocycles. The number of hydrogen-bond donors (Lipinski definition) is 1. The van der Waals surface area contributed by atoms with Crippen molar-refractivity contribution in [3.8, 4) is 0 Å². The van der Waals surface area contributed by atoms with Gasteiger partial charge in [0, 0.05) is 16.0 Å². The van der Waals surface area contributed by atoms with E-state index in [0.29, 0.717) is 5.39 Å². The fourth-order valence-electron chi connectivity index (χ4n) is 0.969. The predicted octanol–water partition coefficient (Wildman–Crippen LogP) is 3.01. The average molecular weight is 265 g/mol. The maximum absolute atomic E-state index is 11.4. The Kier molecular flexibility index (Phi) is 1.98. The van der Waals surface area contributed by atoms with Crippen molar-refractivity contribution in [1.29, 1.82) is 0 Å². The summed E-state index contributed by atoms with van der Waals surface area (Å²) in [5.74, 6) is 0. The molecule has 0 amide bonds. The van der Waals surface area contributed by atoms with Crippen molar-refractivity contribution in [3.63, 3.8) is 0 Å². The molecule has 0 saturated carbocycles. The predicted molar refractivity (Wildman–Crippen MR) is 55.2 cm³/mol. The van der Waals surface area contributed by atoms with Gasteiger partial charge in [0.1, 0.15) is 9.85 Å². The van der Waals surface area contributed by atoms with Crippen LogP contribution in [-0.2, 0) is 0 Å². The highest BCUT2D eigenvalue weighted by atomic mass is 79.9. The molecular weight excluding hydrogens is 262 g/mol. The first-order valence-electron chi connectivity index (χ1n) is 3.14. The Hall–Kier alpha value is -0.320. The highest BCUT2D eigenvalue weighted by molar-refractivity contribution is 9.10. The zero-order valence-electron chi connectivity index (χ0n) is 5.73. The van der Waals surface area contributed by atoms with E-state index in [1.54, 1.807) is 0 Å².